The average molecular weight is 498 g/mol. The molecule has 1 aliphatic carbocycles. The van der Waals surface area contributed by atoms with Crippen LogP contribution in [0.3, 0.4) is 0 Å². The topological polar surface area (TPSA) is 97.3 Å². The fraction of sp³-hybridized carbons (Fsp3) is 0.222. The monoisotopic (exact) mass is 497 g/mol. The maximum Gasteiger partial charge on any atom is 0.253 e. The van der Waals surface area contributed by atoms with Gasteiger partial charge in [0, 0.05) is 42.3 Å². The number of fused-ring (bicyclic) bond motifs is 2. The third-order valence-corrected chi connectivity index (χ3v) is 7.45. The predicted octanol–water partition coefficient (Wildman–Crippen LogP) is 4.96. The first-order valence-electron chi connectivity index (χ1n) is 11.6. The van der Waals surface area contributed by atoms with Gasteiger partial charge in [0.15, 0.2) is 0 Å². The number of hydrogen-bond acceptors (Lipinski definition) is 7. The van der Waals surface area contributed by atoms with E-state index in [4.69, 9.17) is 9.72 Å². The van der Waals surface area contributed by atoms with Gasteiger partial charge in [0.1, 0.15) is 11.3 Å². The second-order valence-electron chi connectivity index (χ2n) is 9.29. The Bertz CT molecular complexity index is 1460. The largest absolute Gasteiger partial charge is 0.438 e. The SMILES string of the molecule is CN(C)C(=O)c1ccc(-c2ccc3c(n2)Oc2ccccc2C3C2(C(=O)Nc3nncs3)CC2)cc1. The lowest BCUT2D eigenvalue weighted by molar-refractivity contribution is -0.121. The maximum atomic E-state index is 13.5. The Morgan fingerprint density at radius 2 is 1.81 bits per heavy atom. The quantitative estimate of drug-likeness (QED) is 0.419. The number of rotatable bonds is 5. The van der Waals surface area contributed by atoms with Crippen molar-refractivity contribution in [1.29, 1.82) is 0 Å². The zero-order chi connectivity index (χ0) is 24.9. The molecular weight excluding hydrogens is 474 g/mol. The van der Waals surface area contributed by atoms with E-state index in [0.717, 1.165) is 35.2 Å². The van der Waals surface area contributed by atoms with Gasteiger partial charge in [-0.1, -0.05) is 47.7 Å². The molecule has 0 spiro atoms. The number of para-hydroxylation sites is 1. The maximum absolute atomic E-state index is 13.5. The van der Waals surface area contributed by atoms with Crippen LogP contribution < -0.4 is 10.1 Å². The molecule has 1 N–H and O–H groups in total. The summed E-state index contributed by atoms with van der Waals surface area (Å²) in [6.45, 7) is 0. The van der Waals surface area contributed by atoms with E-state index in [2.05, 4.69) is 15.5 Å². The molecule has 1 saturated carbocycles. The van der Waals surface area contributed by atoms with Gasteiger partial charge >= 0.3 is 0 Å². The van der Waals surface area contributed by atoms with Gasteiger partial charge in [-0.25, -0.2) is 4.98 Å². The number of carbonyl (C=O) groups excluding carboxylic acids is 2. The summed E-state index contributed by atoms with van der Waals surface area (Å²) in [4.78, 5) is 32.1. The van der Waals surface area contributed by atoms with Crippen molar-refractivity contribution < 1.29 is 14.3 Å². The number of benzene rings is 2. The van der Waals surface area contributed by atoms with Gasteiger partial charge in [-0.3, -0.25) is 9.59 Å². The minimum absolute atomic E-state index is 0.0516. The summed E-state index contributed by atoms with van der Waals surface area (Å²) < 4.78 is 6.25. The minimum Gasteiger partial charge on any atom is -0.438 e. The summed E-state index contributed by atoms with van der Waals surface area (Å²) in [5.74, 6) is 0.912. The first-order chi connectivity index (χ1) is 17.5. The first kappa shape index (κ1) is 22.4. The van der Waals surface area contributed by atoms with Gasteiger partial charge in [0.2, 0.25) is 16.9 Å². The molecule has 0 saturated heterocycles. The van der Waals surface area contributed by atoms with Gasteiger partial charge in [0.05, 0.1) is 11.1 Å². The van der Waals surface area contributed by atoms with E-state index in [9.17, 15) is 9.59 Å². The highest BCUT2D eigenvalue weighted by molar-refractivity contribution is 7.13. The summed E-state index contributed by atoms with van der Waals surface area (Å²) in [6.07, 6.45) is 1.53. The van der Waals surface area contributed by atoms with Crippen LogP contribution in [0.4, 0.5) is 5.13 Å². The van der Waals surface area contributed by atoms with Crippen LogP contribution in [0.25, 0.3) is 11.3 Å². The van der Waals surface area contributed by atoms with Crippen molar-refractivity contribution in [2.24, 2.45) is 5.41 Å². The molecule has 1 aliphatic heterocycles. The molecule has 6 rings (SSSR count). The molecule has 3 heterocycles. The van der Waals surface area contributed by atoms with E-state index in [0.29, 0.717) is 22.3 Å². The van der Waals surface area contributed by atoms with E-state index in [1.807, 2.05) is 48.5 Å². The Morgan fingerprint density at radius 1 is 1.03 bits per heavy atom. The lowest BCUT2D eigenvalue weighted by Crippen LogP contribution is -2.32. The van der Waals surface area contributed by atoms with Crippen LogP contribution in [0.5, 0.6) is 11.6 Å². The molecule has 1 atom stereocenters. The number of amides is 2. The number of carbonyl (C=O) groups is 2. The van der Waals surface area contributed by atoms with Crippen molar-refractivity contribution in [3.05, 3.63) is 82.9 Å². The molecule has 0 bridgehead atoms. The number of hydrogen-bond donors (Lipinski definition) is 1. The number of pyridine rings is 1. The second-order valence-corrected chi connectivity index (χ2v) is 10.1. The molecule has 2 aliphatic rings. The predicted molar refractivity (Wildman–Crippen MR) is 136 cm³/mol. The third kappa shape index (κ3) is 3.72. The molecule has 9 heteroatoms. The van der Waals surface area contributed by atoms with Crippen molar-refractivity contribution >= 4 is 28.3 Å². The van der Waals surface area contributed by atoms with Crippen LogP contribution in [0.1, 0.15) is 40.2 Å². The van der Waals surface area contributed by atoms with Crippen LogP contribution in [0, 0.1) is 5.41 Å². The number of anilines is 1. The number of aromatic nitrogens is 3. The van der Waals surface area contributed by atoms with E-state index in [-0.39, 0.29) is 17.7 Å². The molecule has 0 radical (unpaired) electrons. The second kappa shape index (κ2) is 8.53. The van der Waals surface area contributed by atoms with Crippen molar-refractivity contribution in [1.82, 2.24) is 20.1 Å². The zero-order valence-electron chi connectivity index (χ0n) is 19.8. The lowest BCUT2D eigenvalue weighted by atomic mass is 9.76. The van der Waals surface area contributed by atoms with Crippen LogP contribution in [-0.4, -0.2) is 46.0 Å². The van der Waals surface area contributed by atoms with Crippen molar-refractivity contribution in [2.45, 2.75) is 18.8 Å². The Hall–Kier alpha value is -4.11. The van der Waals surface area contributed by atoms with E-state index >= 15 is 0 Å². The van der Waals surface area contributed by atoms with Gasteiger partial charge in [-0.2, -0.15) is 0 Å². The van der Waals surface area contributed by atoms with Gasteiger partial charge < -0.3 is 15.0 Å². The molecule has 1 fully saturated rings. The molecule has 1 unspecified atom stereocenters. The Labute approximate surface area is 212 Å². The third-order valence-electron chi connectivity index (χ3n) is 6.85. The number of nitrogens with zero attached hydrogens (tertiary/aromatic N) is 4. The number of ether oxygens (including phenoxy) is 1. The first-order valence-corrected chi connectivity index (χ1v) is 12.5. The number of nitrogens with one attached hydrogen (secondary N) is 1. The minimum atomic E-state index is -0.600. The highest BCUT2D eigenvalue weighted by Crippen LogP contribution is 2.63. The van der Waals surface area contributed by atoms with Crippen molar-refractivity contribution in [3.63, 3.8) is 0 Å². The Balaban J connectivity index is 1.37. The average Bonchev–Trinajstić information content (AvgIpc) is 3.54. The molecular formula is C27H23N5O3S. The highest BCUT2D eigenvalue weighted by atomic mass is 32.1. The summed E-state index contributed by atoms with van der Waals surface area (Å²) in [5.41, 5.74) is 5.10. The van der Waals surface area contributed by atoms with Crippen LogP contribution >= 0.6 is 11.3 Å². The highest BCUT2D eigenvalue weighted by Gasteiger charge is 2.58. The molecule has 4 aromatic rings. The lowest BCUT2D eigenvalue weighted by Gasteiger charge is -2.32. The normalized spacial score (nSPS) is 16.8. The molecule has 2 amide bonds. The summed E-state index contributed by atoms with van der Waals surface area (Å²) in [5, 5.41) is 11.3. The van der Waals surface area contributed by atoms with Crippen molar-refractivity contribution in [3.8, 4) is 22.9 Å². The Kier molecular flexibility index (Phi) is 5.30. The zero-order valence-corrected chi connectivity index (χ0v) is 20.6. The van der Waals surface area contributed by atoms with Gasteiger partial charge in [0.25, 0.3) is 5.91 Å². The fourth-order valence-corrected chi connectivity index (χ4v) is 5.30. The standard InChI is InChI=1S/C27H23N5O3S/c1-32(2)24(33)17-9-7-16(8-10-17)20-12-11-19-22(18-5-3-4-6-21(18)35-23(19)29-20)27(13-14-27)25(34)30-26-31-28-15-36-26/h3-12,15,22H,13-14H2,1-2H3,(H,30,31,34). The van der Waals surface area contributed by atoms with Crippen molar-refractivity contribution in [2.75, 3.05) is 19.4 Å². The van der Waals surface area contributed by atoms with Gasteiger partial charge in [-0.15, -0.1) is 10.2 Å². The fourth-order valence-electron chi connectivity index (χ4n) is 4.86. The van der Waals surface area contributed by atoms with E-state index in [1.54, 1.807) is 36.6 Å². The molecule has 180 valence electrons. The van der Waals surface area contributed by atoms with Crippen LogP contribution in [0.15, 0.2) is 66.2 Å². The molecule has 2 aromatic carbocycles. The summed E-state index contributed by atoms with van der Waals surface area (Å²) in [7, 11) is 3.46. The molecule has 2 aromatic heterocycles. The summed E-state index contributed by atoms with van der Waals surface area (Å²) in [6, 6.07) is 19.2. The van der Waals surface area contributed by atoms with Gasteiger partial charge in [-0.05, 0) is 37.1 Å². The van der Waals surface area contributed by atoms with Crippen LogP contribution in [-0.2, 0) is 4.79 Å². The molecule has 8 nitrogen and oxygen atoms in total. The Morgan fingerprint density at radius 3 is 2.50 bits per heavy atom. The van der Waals surface area contributed by atoms with E-state index in [1.165, 1.54) is 11.3 Å². The van der Waals surface area contributed by atoms with E-state index < -0.39 is 5.41 Å². The smallest absolute Gasteiger partial charge is 0.253 e. The van der Waals surface area contributed by atoms with Crippen LogP contribution in [0.2, 0.25) is 0 Å². The summed E-state index contributed by atoms with van der Waals surface area (Å²) >= 11 is 1.30. The molecule has 36 heavy (non-hydrogen) atoms.